The van der Waals surface area contributed by atoms with E-state index in [1.807, 2.05) is 0 Å². The van der Waals surface area contributed by atoms with Crippen LogP contribution in [0.3, 0.4) is 0 Å². The Kier molecular flexibility index (Phi) is 4.18. The van der Waals surface area contributed by atoms with Gasteiger partial charge in [-0.15, -0.1) is 11.3 Å². The van der Waals surface area contributed by atoms with Crippen LogP contribution in [-0.2, 0) is 0 Å². The lowest BCUT2D eigenvalue weighted by atomic mass is 10.1. The molecule has 0 spiro atoms. The van der Waals surface area contributed by atoms with Gasteiger partial charge in [0.05, 0.1) is 18.7 Å². The molecule has 0 aliphatic heterocycles. The van der Waals surface area contributed by atoms with Crippen molar-refractivity contribution in [3.05, 3.63) is 53.3 Å². The highest BCUT2D eigenvalue weighted by atomic mass is 79.9. The topological polar surface area (TPSA) is 17.1 Å². The van der Waals surface area contributed by atoms with E-state index in [-0.39, 0.29) is 15.8 Å². The molecular weight excluding hydrogens is 439 g/mol. The predicted molar refractivity (Wildman–Crippen MR) is 77.3 cm³/mol. The second-order valence-electron chi connectivity index (χ2n) is 3.16. The van der Waals surface area contributed by atoms with Gasteiger partial charge in [-0.05, 0) is 66.0 Å². The zero-order chi connectivity index (χ0) is 12.6. The van der Waals surface area contributed by atoms with Crippen LogP contribution in [0, 0.1) is 5.82 Å². The quantitative estimate of drug-likeness (QED) is 0.569. The molecule has 0 unspecified atom stereocenters. The van der Waals surface area contributed by atoms with Crippen molar-refractivity contribution in [2.45, 2.75) is 0 Å². The third-order valence-electron chi connectivity index (χ3n) is 2.07. The molecular formula is C11H4Br3FOS. The van der Waals surface area contributed by atoms with Crippen molar-refractivity contribution in [3.8, 4) is 0 Å². The molecule has 88 valence electrons. The minimum Gasteiger partial charge on any atom is -0.288 e. The lowest BCUT2D eigenvalue weighted by Crippen LogP contribution is -2.02. The number of benzene rings is 1. The number of rotatable bonds is 2. The Morgan fingerprint density at radius 3 is 2.47 bits per heavy atom. The first kappa shape index (κ1) is 13.4. The third-order valence-corrected chi connectivity index (χ3v) is 5.93. The zero-order valence-corrected chi connectivity index (χ0v) is 13.7. The number of carbonyl (C=O) groups is 1. The van der Waals surface area contributed by atoms with Crippen molar-refractivity contribution in [1.29, 1.82) is 0 Å². The molecule has 17 heavy (non-hydrogen) atoms. The molecule has 0 saturated heterocycles. The Morgan fingerprint density at radius 1 is 1.18 bits per heavy atom. The van der Waals surface area contributed by atoms with E-state index >= 15 is 0 Å². The fourth-order valence-corrected chi connectivity index (χ4v) is 3.63. The summed E-state index contributed by atoms with van der Waals surface area (Å²) < 4.78 is 15.7. The molecule has 0 atom stereocenters. The van der Waals surface area contributed by atoms with Gasteiger partial charge >= 0.3 is 0 Å². The molecule has 0 saturated carbocycles. The van der Waals surface area contributed by atoms with E-state index in [0.717, 1.165) is 8.26 Å². The number of hydrogen-bond acceptors (Lipinski definition) is 2. The Labute approximate surface area is 126 Å². The number of thiophene rings is 1. The van der Waals surface area contributed by atoms with E-state index in [4.69, 9.17) is 0 Å². The van der Waals surface area contributed by atoms with Gasteiger partial charge < -0.3 is 0 Å². The number of halogens is 4. The van der Waals surface area contributed by atoms with Gasteiger partial charge in [-0.2, -0.15) is 0 Å². The molecule has 0 N–H and O–H groups in total. The molecule has 0 fully saturated rings. The van der Waals surface area contributed by atoms with Gasteiger partial charge in [0.1, 0.15) is 5.82 Å². The monoisotopic (exact) mass is 440 g/mol. The maximum atomic E-state index is 13.8. The maximum absolute atomic E-state index is 13.8. The van der Waals surface area contributed by atoms with Crippen LogP contribution >= 0.6 is 59.1 Å². The Balaban J connectivity index is 2.47. The molecule has 1 aromatic carbocycles. The average Bonchev–Trinajstić information content (AvgIpc) is 2.62. The second kappa shape index (κ2) is 5.30. The summed E-state index contributed by atoms with van der Waals surface area (Å²) in [5, 5.41) is 0. The number of carbonyl (C=O) groups excluding carboxylic acids is 1. The summed E-state index contributed by atoms with van der Waals surface area (Å²) in [5.74, 6) is -0.849. The first-order valence-corrected chi connectivity index (χ1v) is 7.64. The van der Waals surface area contributed by atoms with Gasteiger partial charge in [0, 0.05) is 4.47 Å². The minimum atomic E-state index is -0.529. The van der Waals surface area contributed by atoms with E-state index in [9.17, 15) is 9.18 Å². The maximum Gasteiger partial charge on any atom is 0.206 e. The standard InChI is InChI=1S/C11H4Br3FOS/c12-6-3-1-2-5(9(6)15)10(16)8-4-7(13)11(14)17-8/h1-4H. The fourth-order valence-electron chi connectivity index (χ4n) is 1.27. The fraction of sp³-hybridized carbons (Fsp3) is 0. The molecule has 0 radical (unpaired) electrons. The smallest absolute Gasteiger partial charge is 0.206 e. The van der Waals surface area contributed by atoms with Crippen molar-refractivity contribution in [2.24, 2.45) is 0 Å². The summed E-state index contributed by atoms with van der Waals surface area (Å²) in [6.45, 7) is 0. The number of hydrogen-bond donors (Lipinski definition) is 0. The lowest BCUT2D eigenvalue weighted by Gasteiger charge is -2.01. The zero-order valence-electron chi connectivity index (χ0n) is 8.14. The molecule has 2 aromatic rings. The van der Waals surface area contributed by atoms with Gasteiger partial charge in [-0.25, -0.2) is 4.39 Å². The molecule has 0 amide bonds. The summed E-state index contributed by atoms with van der Waals surface area (Å²) in [4.78, 5) is 12.6. The molecule has 0 aliphatic carbocycles. The Hall–Kier alpha value is -0.0400. The van der Waals surface area contributed by atoms with Crippen molar-refractivity contribution in [3.63, 3.8) is 0 Å². The van der Waals surface area contributed by atoms with Crippen LogP contribution in [0.25, 0.3) is 0 Å². The molecule has 2 rings (SSSR count). The predicted octanol–water partition coefficient (Wildman–Crippen LogP) is 5.41. The van der Waals surface area contributed by atoms with Gasteiger partial charge in [-0.1, -0.05) is 6.07 Å². The highest BCUT2D eigenvalue weighted by Crippen LogP contribution is 2.34. The van der Waals surface area contributed by atoms with E-state index in [1.165, 1.54) is 17.4 Å². The Morgan fingerprint density at radius 2 is 1.88 bits per heavy atom. The van der Waals surface area contributed by atoms with Gasteiger partial charge in [0.2, 0.25) is 5.78 Å². The highest BCUT2D eigenvalue weighted by Gasteiger charge is 2.18. The molecule has 1 nitrogen and oxygen atoms in total. The average molecular weight is 443 g/mol. The lowest BCUT2D eigenvalue weighted by molar-refractivity contribution is 0.103. The van der Waals surface area contributed by atoms with Crippen LogP contribution in [0.15, 0.2) is 37.0 Å². The summed E-state index contributed by atoms with van der Waals surface area (Å²) >= 11 is 10.9. The van der Waals surface area contributed by atoms with Crippen LogP contribution in [0.4, 0.5) is 4.39 Å². The summed E-state index contributed by atoms with van der Waals surface area (Å²) in [6.07, 6.45) is 0. The SMILES string of the molecule is O=C(c1cc(Br)c(Br)s1)c1cccc(Br)c1F. The minimum absolute atomic E-state index is 0.0700. The van der Waals surface area contributed by atoms with Crippen molar-refractivity contribution >= 4 is 64.9 Å². The van der Waals surface area contributed by atoms with Crippen LogP contribution in [0.5, 0.6) is 0 Å². The van der Waals surface area contributed by atoms with Crippen LogP contribution in [0.2, 0.25) is 0 Å². The van der Waals surface area contributed by atoms with E-state index in [2.05, 4.69) is 47.8 Å². The molecule has 0 aliphatic rings. The van der Waals surface area contributed by atoms with Gasteiger partial charge in [0.15, 0.2) is 0 Å². The van der Waals surface area contributed by atoms with Crippen LogP contribution in [0.1, 0.15) is 15.2 Å². The van der Waals surface area contributed by atoms with E-state index in [0.29, 0.717) is 4.88 Å². The van der Waals surface area contributed by atoms with Crippen molar-refractivity contribution in [1.82, 2.24) is 0 Å². The first-order chi connectivity index (χ1) is 8.00. The van der Waals surface area contributed by atoms with Crippen molar-refractivity contribution in [2.75, 3.05) is 0 Å². The first-order valence-electron chi connectivity index (χ1n) is 4.44. The summed E-state index contributed by atoms with van der Waals surface area (Å²) in [7, 11) is 0. The number of ketones is 1. The second-order valence-corrected chi connectivity index (χ2v) is 7.24. The largest absolute Gasteiger partial charge is 0.288 e. The normalized spacial score (nSPS) is 10.6. The summed E-state index contributed by atoms with van der Waals surface area (Å²) in [5.41, 5.74) is 0.0700. The third kappa shape index (κ3) is 2.70. The molecule has 1 aromatic heterocycles. The highest BCUT2D eigenvalue weighted by molar-refractivity contribution is 9.13. The van der Waals surface area contributed by atoms with Crippen LogP contribution in [-0.4, -0.2) is 5.78 Å². The van der Waals surface area contributed by atoms with E-state index in [1.54, 1.807) is 18.2 Å². The van der Waals surface area contributed by atoms with Gasteiger partial charge in [0.25, 0.3) is 0 Å². The molecule has 1 heterocycles. The van der Waals surface area contributed by atoms with Gasteiger partial charge in [-0.3, -0.25) is 4.79 Å². The van der Waals surface area contributed by atoms with E-state index < -0.39 is 5.82 Å². The Bertz CT molecular complexity index is 575. The van der Waals surface area contributed by atoms with Crippen molar-refractivity contribution < 1.29 is 9.18 Å². The summed E-state index contributed by atoms with van der Waals surface area (Å²) in [6, 6.07) is 6.35. The van der Waals surface area contributed by atoms with Crippen LogP contribution < -0.4 is 0 Å². The molecule has 6 heteroatoms. The molecule has 0 bridgehead atoms.